The fourth-order valence-corrected chi connectivity index (χ4v) is 3.89. The van der Waals surface area contributed by atoms with E-state index in [0.717, 1.165) is 5.56 Å². The van der Waals surface area contributed by atoms with E-state index in [1.807, 2.05) is 31.2 Å². The molecule has 0 spiro atoms. The summed E-state index contributed by atoms with van der Waals surface area (Å²) in [6, 6.07) is 19.7. The monoisotopic (exact) mass is 423 g/mol. The highest BCUT2D eigenvalue weighted by Gasteiger charge is 2.29. The summed E-state index contributed by atoms with van der Waals surface area (Å²) in [5.41, 5.74) is 6.09. The number of hydrogen-bond acceptors (Lipinski definition) is 3. The second-order valence-corrected chi connectivity index (χ2v) is 7.42. The summed E-state index contributed by atoms with van der Waals surface area (Å²) >= 11 is 3.26. The summed E-state index contributed by atoms with van der Waals surface area (Å²) in [5.74, 6) is 0.154. The Morgan fingerprint density at radius 2 is 1.67 bits per heavy atom. The van der Waals surface area contributed by atoms with Crippen molar-refractivity contribution in [1.82, 2.24) is 0 Å². The first-order valence-electron chi connectivity index (χ1n) is 8.65. The van der Waals surface area contributed by atoms with Crippen molar-refractivity contribution in [2.24, 2.45) is 0 Å². The van der Waals surface area contributed by atoms with Crippen LogP contribution in [0.2, 0.25) is 0 Å². The molecule has 0 aliphatic heterocycles. The lowest BCUT2D eigenvalue weighted by Crippen LogP contribution is -2.18. The molecule has 0 atom stereocenters. The number of phenolic OH excluding ortho intramolecular Hbond substituents is 1. The second kappa shape index (κ2) is 7.08. The van der Waals surface area contributed by atoms with E-state index in [0.29, 0.717) is 10.2 Å². The molecule has 27 heavy (non-hydrogen) atoms. The molecular formula is C22H18BrNO3. The molecule has 4 nitrogen and oxygen atoms in total. The number of halogens is 1. The molecule has 0 fully saturated rings. The zero-order valence-corrected chi connectivity index (χ0v) is 16.3. The van der Waals surface area contributed by atoms with Gasteiger partial charge in [0, 0.05) is 11.6 Å². The van der Waals surface area contributed by atoms with Crippen LogP contribution in [-0.2, 0) is 4.74 Å². The van der Waals surface area contributed by atoms with Crippen molar-refractivity contribution >= 4 is 27.7 Å². The largest absolute Gasteiger partial charge is 0.507 e. The van der Waals surface area contributed by atoms with Crippen molar-refractivity contribution in [3.8, 4) is 16.9 Å². The number of nitrogens with one attached hydrogen (secondary N) is 1. The fraction of sp³-hybridized carbons (Fsp3) is 0.136. The summed E-state index contributed by atoms with van der Waals surface area (Å²) < 4.78 is 6.06. The van der Waals surface area contributed by atoms with E-state index in [2.05, 4.69) is 45.5 Å². The summed E-state index contributed by atoms with van der Waals surface area (Å²) in [6.45, 7) is 2.07. The number of aryl methyl sites for hydroxylation is 1. The van der Waals surface area contributed by atoms with Crippen LogP contribution in [0.3, 0.4) is 0 Å². The van der Waals surface area contributed by atoms with E-state index in [9.17, 15) is 9.90 Å². The molecule has 136 valence electrons. The van der Waals surface area contributed by atoms with Crippen molar-refractivity contribution < 1.29 is 14.6 Å². The summed E-state index contributed by atoms with van der Waals surface area (Å²) in [7, 11) is 0. The zero-order chi connectivity index (χ0) is 19.0. The zero-order valence-electron chi connectivity index (χ0n) is 14.7. The average molecular weight is 424 g/mol. The number of amides is 1. The first-order chi connectivity index (χ1) is 13.0. The van der Waals surface area contributed by atoms with Crippen molar-refractivity contribution in [2.75, 3.05) is 11.9 Å². The maximum Gasteiger partial charge on any atom is 0.411 e. The van der Waals surface area contributed by atoms with Gasteiger partial charge in [-0.3, -0.25) is 5.32 Å². The van der Waals surface area contributed by atoms with Crippen LogP contribution in [0.25, 0.3) is 11.1 Å². The molecule has 0 bridgehead atoms. The molecule has 2 N–H and O–H groups in total. The van der Waals surface area contributed by atoms with Crippen LogP contribution in [0.15, 0.2) is 65.1 Å². The number of benzene rings is 3. The van der Waals surface area contributed by atoms with Gasteiger partial charge in [-0.25, -0.2) is 4.79 Å². The quantitative estimate of drug-likeness (QED) is 0.521. The van der Waals surface area contributed by atoms with E-state index in [4.69, 9.17) is 4.74 Å². The van der Waals surface area contributed by atoms with Crippen molar-refractivity contribution in [1.29, 1.82) is 0 Å². The summed E-state index contributed by atoms with van der Waals surface area (Å²) in [6.07, 6.45) is -0.516. The number of fused-ring (bicyclic) bond motifs is 3. The van der Waals surface area contributed by atoms with Crippen LogP contribution in [-0.4, -0.2) is 17.8 Å². The van der Waals surface area contributed by atoms with Crippen LogP contribution in [0, 0.1) is 6.92 Å². The molecule has 1 aliphatic carbocycles. The van der Waals surface area contributed by atoms with Crippen LogP contribution in [0.4, 0.5) is 10.5 Å². The molecular weight excluding hydrogens is 406 g/mol. The molecule has 0 heterocycles. The number of aromatic hydroxyl groups is 1. The van der Waals surface area contributed by atoms with E-state index in [1.54, 1.807) is 12.1 Å². The molecule has 3 aromatic rings. The first kappa shape index (κ1) is 17.6. The Kier molecular flexibility index (Phi) is 4.62. The molecule has 3 aromatic carbocycles. The maximum atomic E-state index is 12.3. The number of rotatable bonds is 3. The minimum atomic E-state index is -0.516. The van der Waals surface area contributed by atoms with Gasteiger partial charge < -0.3 is 9.84 Å². The van der Waals surface area contributed by atoms with Gasteiger partial charge in [0.15, 0.2) is 0 Å². The Hall–Kier alpha value is -2.79. The average Bonchev–Trinajstić information content (AvgIpc) is 2.98. The van der Waals surface area contributed by atoms with Gasteiger partial charge in [-0.05, 0) is 62.8 Å². The molecule has 4 rings (SSSR count). The lowest BCUT2D eigenvalue weighted by Gasteiger charge is -2.15. The standard InChI is InChI=1S/C22H18BrNO3/c1-13-10-21(25)19(23)11-20(13)24-22(26)27-12-18-16-8-4-2-6-14(16)15-7-3-5-9-17(15)18/h2-11,18,25H,12H2,1H3,(H,24,26). The van der Waals surface area contributed by atoms with Crippen molar-refractivity contribution in [3.63, 3.8) is 0 Å². The maximum absolute atomic E-state index is 12.3. The normalized spacial score (nSPS) is 12.4. The van der Waals surface area contributed by atoms with Crippen LogP contribution < -0.4 is 5.32 Å². The molecule has 1 aliphatic rings. The lowest BCUT2D eigenvalue weighted by molar-refractivity contribution is 0.158. The van der Waals surface area contributed by atoms with Gasteiger partial charge >= 0.3 is 6.09 Å². The Morgan fingerprint density at radius 1 is 1.07 bits per heavy atom. The van der Waals surface area contributed by atoms with Gasteiger partial charge in [0.1, 0.15) is 12.4 Å². The number of anilines is 1. The number of hydrogen-bond donors (Lipinski definition) is 2. The van der Waals surface area contributed by atoms with Gasteiger partial charge in [0.2, 0.25) is 0 Å². The number of carbonyl (C=O) groups is 1. The van der Waals surface area contributed by atoms with Gasteiger partial charge in [-0.15, -0.1) is 0 Å². The second-order valence-electron chi connectivity index (χ2n) is 6.57. The van der Waals surface area contributed by atoms with Gasteiger partial charge in [-0.2, -0.15) is 0 Å². The van der Waals surface area contributed by atoms with E-state index in [-0.39, 0.29) is 18.3 Å². The van der Waals surface area contributed by atoms with Crippen LogP contribution in [0.1, 0.15) is 22.6 Å². The summed E-state index contributed by atoms with van der Waals surface area (Å²) in [4.78, 5) is 12.3. The van der Waals surface area contributed by atoms with Crippen molar-refractivity contribution in [2.45, 2.75) is 12.8 Å². The first-order valence-corrected chi connectivity index (χ1v) is 9.45. The molecule has 5 heteroatoms. The Labute approximate surface area is 165 Å². The number of ether oxygens (including phenoxy) is 1. The third-order valence-electron chi connectivity index (χ3n) is 4.87. The highest BCUT2D eigenvalue weighted by atomic mass is 79.9. The SMILES string of the molecule is Cc1cc(O)c(Br)cc1NC(=O)OCC1c2ccccc2-c2ccccc21. The molecule has 0 saturated carbocycles. The minimum absolute atomic E-state index is 0.0239. The molecule has 0 aromatic heterocycles. The molecule has 0 radical (unpaired) electrons. The fourth-order valence-electron chi connectivity index (χ4n) is 3.55. The van der Waals surface area contributed by atoms with E-state index in [1.165, 1.54) is 22.3 Å². The van der Waals surface area contributed by atoms with Gasteiger partial charge in [-0.1, -0.05) is 48.5 Å². The van der Waals surface area contributed by atoms with Crippen molar-refractivity contribution in [3.05, 3.63) is 81.8 Å². The molecule has 0 unspecified atom stereocenters. The highest BCUT2D eigenvalue weighted by molar-refractivity contribution is 9.10. The number of carbonyl (C=O) groups excluding carboxylic acids is 1. The van der Waals surface area contributed by atoms with Gasteiger partial charge in [0.05, 0.1) is 4.47 Å². The molecule has 0 saturated heterocycles. The van der Waals surface area contributed by atoms with Gasteiger partial charge in [0.25, 0.3) is 0 Å². The predicted molar refractivity (Wildman–Crippen MR) is 109 cm³/mol. The summed E-state index contributed by atoms with van der Waals surface area (Å²) in [5, 5.41) is 12.4. The topological polar surface area (TPSA) is 58.6 Å². The Morgan fingerprint density at radius 3 is 2.30 bits per heavy atom. The minimum Gasteiger partial charge on any atom is -0.507 e. The third kappa shape index (κ3) is 3.30. The Bertz CT molecular complexity index is 986. The smallest absolute Gasteiger partial charge is 0.411 e. The number of phenols is 1. The lowest BCUT2D eigenvalue weighted by atomic mass is 9.98. The Balaban J connectivity index is 1.51. The highest BCUT2D eigenvalue weighted by Crippen LogP contribution is 2.44. The third-order valence-corrected chi connectivity index (χ3v) is 5.51. The van der Waals surface area contributed by atoms with Crippen LogP contribution in [0.5, 0.6) is 5.75 Å². The van der Waals surface area contributed by atoms with E-state index < -0.39 is 6.09 Å². The van der Waals surface area contributed by atoms with E-state index >= 15 is 0 Å². The molecule has 1 amide bonds. The predicted octanol–water partition coefficient (Wildman–Crippen LogP) is 5.82. The van der Waals surface area contributed by atoms with Crippen LogP contribution >= 0.6 is 15.9 Å².